The maximum absolute atomic E-state index is 14.1. The van der Waals surface area contributed by atoms with Crippen molar-refractivity contribution < 1.29 is 36.2 Å². The number of nitrogens with one attached hydrogen (secondary N) is 1. The van der Waals surface area contributed by atoms with Crippen LogP contribution < -0.4 is 5.32 Å². The van der Waals surface area contributed by atoms with E-state index in [1.165, 1.54) is 23.4 Å². The molecule has 1 amide bonds. The van der Waals surface area contributed by atoms with Gasteiger partial charge >= 0.3 is 6.18 Å². The Balaban J connectivity index is 1.35. The van der Waals surface area contributed by atoms with Crippen LogP contribution in [0.3, 0.4) is 0 Å². The zero-order valence-corrected chi connectivity index (χ0v) is 28.6. The topological polar surface area (TPSA) is 120 Å². The number of sulfonamides is 1. The first-order chi connectivity index (χ1) is 22.3. The number of fused-ring (bicyclic) bond motifs is 1. The summed E-state index contributed by atoms with van der Waals surface area (Å²) in [6, 6.07) is 4.00. The van der Waals surface area contributed by atoms with Crippen LogP contribution in [0, 0.1) is 5.92 Å². The van der Waals surface area contributed by atoms with Crippen molar-refractivity contribution >= 4 is 27.7 Å². The Labute approximate surface area is 278 Å². The van der Waals surface area contributed by atoms with E-state index in [9.17, 15) is 31.5 Å². The van der Waals surface area contributed by atoms with Crippen molar-refractivity contribution in [2.75, 3.05) is 77.6 Å². The Bertz CT molecular complexity index is 1490. The summed E-state index contributed by atoms with van der Waals surface area (Å²) in [5.74, 6) is 0.828. The first kappa shape index (κ1) is 36.1. The van der Waals surface area contributed by atoms with Crippen molar-refractivity contribution in [1.29, 1.82) is 0 Å². The van der Waals surface area contributed by atoms with Crippen molar-refractivity contribution in [2.45, 2.75) is 56.5 Å². The third-order valence-corrected chi connectivity index (χ3v) is 11.4. The van der Waals surface area contributed by atoms with Gasteiger partial charge in [-0.2, -0.15) is 22.6 Å². The Morgan fingerprint density at radius 2 is 1.85 bits per heavy atom. The second-order valence-corrected chi connectivity index (χ2v) is 15.8. The molecular weight excluding hydrogens is 658 g/mol. The van der Waals surface area contributed by atoms with E-state index in [0.717, 1.165) is 68.8 Å². The normalized spacial score (nSPS) is 19.9. The summed E-state index contributed by atoms with van der Waals surface area (Å²) in [4.78, 5) is 15.7. The van der Waals surface area contributed by atoms with E-state index in [1.54, 1.807) is 4.68 Å². The van der Waals surface area contributed by atoms with Crippen LogP contribution in [0.15, 0.2) is 23.1 Å². The third-order valence-electron chi connectivity index (χ3n) is 9.10. The van der Waals surface area contributed by atoms with Gasteiger partial charge in [0, 0.05) is 86.6 Å². The van der Waals surface area contributed by atoms with Crippen molar-refractivity contribution in [3.8, 4) is 11.3 Å². The molecule has 16 heteroatoms. The lowest BCUT2D eigenvalue weighted by Crippen LogP contribution is -2.42. The maximum atomic E-state index is 14.1. The van der Waals surface area contributed by atoms with Crippen molar-refractivity contribution in [3.63, 3.8) is 0 Å². The zero-order valence-electron chi connectivity index (χ0n) is 27.0. The summed E-state index contributed by atoms with van der Waals surface area (Å²) in [6.07, 6.45) is -1.95. The highest BCUT2D eigenvalue weighted by Crippen LogP contribution is 2.40. The van der Waals surface area contributed by atoms with Gasteiger partial charge in [-0.1, -0.05) is 6.07 Å². The highest BCUT2D eigenvalue weighted by Gasteiger charge is 2.35. The van der Waals surface area contributed by atoms with Crippen LogP contribution in [-0.2, 0) is 45.2 Å². The number of nitrogens with zero attached hydrogens (tertiary/aromatic N) is 5. The summed E-state index contributed by atoms with van der Waals surface area (Å²) in [5, 5.41) is 18.8. The van der Waals surface area contributed by atoms with Crippen LogP contribution in [0.4, 0.5) is 13.2 Å². The molecule has 3 aliphatic heterocycles. The molecule has 2 N–H and O–H groups in total. The monoisotopic (exact) mass is 702 g/mol. The summed E-state index contributed by atoms with van der Waals surface area (Å²) in [6.45, 7) is 8.01. The number of amides is 1. The van der Waals surface area contributed by atoms with Gasteiger partial charge in [0.25, 0.3) is 0 Å². The molecule has 0 radical (unpaired) electrons. The predicted molar refractivity (Wildman–Crippen MR) is 173 cm³/mol. The van der Waals surface area contributed by atoms with Gasteiger partial charge in [-0.3, -0.25) is 14.4 Å². The lowest BCUT2D eigenvalue weighted by Gasteiger charge is -2.33. The van der Waals surface area contributed by atoms with Crippen LogP contribution in [0.25, 0.3) is 11.3 Å². The average molecular weight is 703 g/mol. The fourth-order valence-electron chi connectivity index (χ4n) is 6.48. The number of β-amino-alcohol motifs (C(OH)–C–C–N with tert-alkyl or cyclic N) is 1. The number of piperidine rings is 1. The molecule has 1 aromatic carbocycles. The van der Waals surface area contributed by atoms with E-state index >= 15 is 0 Å². The largest absolute Gasteiger partial charge is 0.417 e. The molecule has 3 aliphatic rings. The zero-order chi connectivity index (χ0) is 33.8. The second kappa shape index (κ2) is 15.6. The third kappa shape index (κ3) is 9.70. The number of aliphatic hydroxyl groups excluding tert-OH is 1. The molecule has 2 fully saturated rings. The summed E-state index contributed by atoms with van der Waals surface area (Å²) < 4.78 is 75.6. The number of halogens is 3. The maximum Gasteiger partial charge on any atom is 0.417 e. The predicted octanol–water partition coefficient (Wildman–Crippen LogP) is 2.52. The molecule has 47 heavy (non-hydrogen) atoms. The van der Waals surface area contributed by atoms with Crippen LogP contribution in [-0.4, -0.2) is 127 Å². The standard InChI is InChI=1S/C31H45F3N6O5S2/c1-22(41)35-18-23-5-8-38(9-6-23)19-25(42)20-40-28-7-10-39(47(2,43)44)21-26(28)30(36-40)24-3-4-27(31(32,33)34)29(17-24)46-16-13-37-11-14-45-15-12-37/h3-4,17,23,25,42H,5-16,18-21H2,1-2H3,(H,35,41). The molecule has 1 aromatic heterocycles. The van der Waals surface area contributed by atoms with Crippen molar-refractivity contribution in [2.24, 2.45) is 5.92 Å². The molecule has 4 heterocycles. The number of aliphatic hydroxyl groups is 1. The molecular formula is C31H45F3N6O5S2. The molecule has 0 bridgehead atoms. The summed E-state index contributed by atoms with van der Waals surface area (Å²) in [5.41, 5.74) is 1.64. The Kier molecular flexibility index (Phi) is 11.9. The number of likely N-dealkylation sites (tertiary alicyclic amines) is 1. The van der Waals surface area contributed by atoms with Gasteiger partial charge in [0.2, 0.25) is 15.9 Å². The fourth-order valence-corrected chi connectivity index (χ4v) is 8.39. The molecule has 262 valence electrons. The van der Waals surface area contributed by atoms with E-state index in [-0.39, 0.29) is 30.4 Å². The lowest BCUT2D eigenvalue weighted by molar-refractivity contribution is -0.139. The molecule has 0 aliphatic carbocycles. The number of carbonyl (C=O) groups is 1. The molecule has 0 spiro atoms. The molecule has 1 unspecified atom stereocenters. The fraction of sp³-hybridized carbons (Fsp3) is 0.677. The SMILES string of the molecule is CC(=O)NCC1CCN(CC(O)Cn2nc(-c3ccc(C(F)(F)F)c(SCCN4CCOCC4)c3)c3c2CCN(S(C)(=O)=O)C3)CC1. The van der Waals surface area contributed by atoms with E-state index in [0.29, 0.717) is 67.8 Å². The van der Waals surface area contributed by atoms with Crippen LogP contribution in [0.1, 0.15) is 36.6 Å². The number of morpholine rings is 1. The Morgan fingerprint density at radius 3 is 2.51 bits per heavy atom. The van der Waals surface area contributed by atoms with E-state index in [4.69, 9.17) is 9.84 Å². The van der Waals surface area contributed by atoms with Gasteiger partial charge in [-0.25, -0.2) is 8.42 Å². The van der Waals surface area contributed by atoms with Gasteiger partial charge < -0.3 is 20.1 Å². The number of benzene rings is 1. The minimum atomic E-state index is -4.53. The van der Waals surface area contributed by atoms with E-state index in [1.807, 2.05) is 0 Å². The highest BCUT2D eigenvalue weighted by atomic mass is 32.2. The number of ether oxygens (including phenoxy) is 1. The van der Waals surface area contributed by atoms with E-state index in [2.05, 4.69) is 15.1 Å². The first-order valence-corrected chi connectivity index (χ1v) is 18.9. The quantitative estimate of drug-likeness (QED) is 0.322. The Hall–Kier alpha value is -2.21. The molecule has 2 saturated heterocycles. The molecule has 11 nitrogen and oxygen atoms in total. The van der Waals surface area contributed by atoms with Crippen LogP contribution >= 0.6 is 11.8 Å². The number of aromatic nitrogens is 2. The number of rotatable bonds is 12. The van der Waals surface area contributed by atoms with Gasteiger partial charge in [0.15, 0.2) is 0 Å². The minimum absolute atomic E-state index is 0.0421. The van der Waals surface area contributed by atoms with Gasteiger partial charge in [0.05, 0.1) is 43.4 Å². The minimum Gasteiger partial charge on any atom is -0.390 e. The second-order valence-electron chi connectivity index (χ2n) is 12.6. The van der Waals surface area contributed by atoms with Crippen LogP contribution in [0.5, 0.6) is 0 Å². The van der Waals surface area contributed by atoms with Gasteiger partial charge in [0.1, 0.15) is 0 Å². The van der Waals surface area contributed by atoms with Crippen LogP contribution in [0.2, 0.25) is 0 Å². The number of hydrogen-bond donors (Lipinski definition) is 2. The number of alkyl halides is 3. The summed E-state index contributed by atoms with van der Waals surface area (Å²) >= 11 is 1.15. The molecule has 1 atom stereocenters. The highest BCUT2D eigenvalue weighted by molar-refractivity contribution is 7.99. The van der Waals surface area contributed by atoms with Crippen molar-refractivity contribution in [1.82, 2.24) is 29.2 Å². The van der Waals surface area contributed by atoms with E-state index < -0.39 is 27.9 Å². The van der Waals surface area contributed by atoms with Crippen molar-refractivity contribution in [3.05, 3.63) is 35.0 Å². The summed E-state index contributed by atoms with van der Waals surface area (Å²) in [7, 11) is -3.52. The lowest BCUT2D eigenvalue weighted by atomic mass is 9.96. The number of thioether (sulfide) groups is 1. The number of hydrogen-bond acceptors (Lipinski definition) is 9. The Morgan fingerprint density at radius 1 is 1.13 bits per heavy atom. The molecule has 5 rings (SSSR count). The smallest absolute Gasteiger partial charge is 0.390 e. The van der Waals surface area contributed by atoms with Gasteiger partial charge in [-0.15, -0.1) is 11.8 Å². The number of carbonyl (C=O) groups excluding carboxylic acids is 1. The van der Waals surface area contributed by atoms with Gasteiger partial charge in [-0.05, 0) is 44.0 Å². The first-order valence-electron chi connectivity index (χ1n) is 16.1. The molecule has 2 aromatic rings. The molecule has 0 saturated carbocycles. The average Bonchev–Trinajstić information content (AvgIpc) is 3.37.